The van der Waals surface area contributed by atoms with Gasteiger partial charge >= 0.3 is 0 Å². The van der Waals surface area contributed by atoms with Gasteiger partial charge in [0, 0.05) is 15.7 Å². The number of hydrogen-bond donors (Lipinski definition) is 1. The number of thioether (sulfide) groups is 1. The van der Waals surface area contributed by atoms with Gasteiger partial charge in [0.05, 0.1) is 4.91 Å². The quantitative estimate of drug-likeness (QED) is 0.664. The molecule has 0 bridgehead atoms. The van der Waals surface area contributed by atoms with E-state index < -0.39 is 17.1 Å². The zero-order valence-electron chi connectivity index (χ0n) is 15.1. The van der Waals surface area contributed by atoms with Crippen molar-refractivity contribution in [3.8, 4) is 0 Å². The molecule has 144 valence electrons. The number of rotatable bonds is 4. The molecule has 1 aliphatic rings. The Hall–Kier alpha value is -2.28. The third kappa shape index (κ3) is 4.76. The van der Waals surface area contributed by atoms with Gasteiger partial charge < -0.3 is 5.32 Å². The van der Waals surface area contributed by atoms with E-state index >= 15 is 0 Å². The molecule has 8 heteroatoms. The van der Waals surface area contributed by atoms with Gasteiger partial charge in [-0.3, -0.25) is 19.3 Å². The zero-order chi connectivity index (χ0) is 20.4. The van der Waals surface area contributed by atoms with Crippen molar-refractivity contribution in [1.29, 1.82) is 0 Å². The van der Waals surface area contributed by atoms with Gasteiger partial charge in [-0.25, -0.2) is 0 Å². The average molecular weight is 435 g/mol. The first kappa shape index (κ1) is 20.5. The summed E-state index contributed by atoms with van der Waals surface area (Å²) in [6, 6.07) is 10.5. The third-order valence-corrected chi connectivity index (χ3v) is 5.40. The van der Waals surface area contributed by atoms with Crippen LogP contribution in [0.15, 0.2) is 41.3 Å². The maximum Gasteiger partial charge on any atom is 0.294 e. The fraction of sp³-hybridized carbons (Fsp3) is 0.150. The molecule has 0 saturated carbocycles. The lowest BCUT2D eigenvalue weighted by Gasteiger charge is -2.13. The van der Waals surface area contributed by atoms with Crippen molar-refractivity contribution in [2.45, 2.75) is 13.8 Å². The zero-order valence-corrected chi connectivity index (χ0v) is 17.4. The van der Waals surface area contributed by atoms with E-state index in [1.165, 1.54) is 6.08 Å². The summed E-state index contributed by atoms with van der Waals surface area (Å²) in [6.07, 6.45) is 1.52. The van der Waals surface area contributed by atoms with E-state index in [0.29, 0.717) is 21.3 Å². The molecule has 5 nitrogen and oxygen atoms in total. The smallest absolute Gasteiger partial charge is 0.294 e. The highest BCUT2D eigenvalue weighted by Crippen LogP contribution is 2.34. The number of halogens is 2. The van der Waals surface area contributed by atoms with E-state index in [-0.39, 0.29) is 11.4 Å². The lowest BCUT2D eigenvalue weighted by Crippen LogP contribution is -2.36. The summed E-state index contributed by atoms with van der Waals surface area (Å²) in [5.41, 5.74) is 3.20. The Kier molecular flexibility index (Phi) is 6.13. The van der Waals surface area contributed by atoms with Crippen LogP contribution in [-0.2, 0) is 9.59 Å². The highest BCUT2D eigenvalue weighted by atomic mass is 35.5. The van der Waals surface area contributed by atoms with Gasteiger partial charge in [0.25, 0.3) is 11.1 Å². The SMILES string of the molecule is Cc1cc(C)cc(NC(=O)CN2C(=O)S/C(=C/c3ccc(Cl)cc3Cl)C2=O)c1. The number of hydrogen-bond acceptors (Lipinski definition) is 4. The van der Waals surface area contributed by atoms with Crippen molar-refractivity contribution in [3.05, 3.63) is 68.0 Å². The van der Waals surface area contributed by atoms with Gasteiger partial charge in [0.15, 0.2) is 0 Å². The highest BCUT2D eigenvalue weighted by Gasteiger charge is 2.36. The Balaban J connectivity index is 1.72. The summed E-state index contributed by atoms with van der Waals surface area (Å²) in [4.78, 5) is 38.2. The first-order valence-electron chi connectivity index (χ1n) is 8.31. The molecule has 1 aliphatic heterocycles. The third-order valence-electron chi connectivity index (χ3n) is 3.93. The molecule has 0 spiro atoms. The van der Waals surface area contributed by atoms with Crippen LogP contribution in [-0.4, -0.2) is 28.5 Å². The largest absolute Gasteiger partial charge is 0.325 e. The monoisotopic (exact) mass is 434 g/mol. The molecule has 0 unspecified atom stereocenters. The van der Waals surface area contributed by atoms with Crippen LogP contribution in [0.4, 0.5) is 10.5 Å². The molecule has 0 radical (unpaired) electrons. The number of amides is 3. The molecule has 3 amide bonds. The van der Waals surface area contributed by atoms with Crippen molar-refractivity contribution >= 4 is 63.8 Å². The molecule has 2 aromatic carbocycles. The Morgan fingerprint density at radius 2 is 1.79 bits per heavy atom. The van der Waals surface area contributed by atoms with Crippen LogP contribution in [0, 0.1) is 13.8 Å². The van der Waals surface area contributed by atoms with Crippen LogP contribution < -0.4 is 5.32 Å². The first-order valence-corrected chi connectivity index (χ1v) is 9.89. The Bertz CT molecular complexity index is 1000. The number of nitrogens with zero attached hydrogens (tertiary/aromatic N) is 1. The summed E-state index contributed by atoms with van der Waals surface area (Å²) < 4.78 is 0. The predicted molar refractivity (Wildman–Crippen MR) is 114 cm³/mol. The van der Waals surface area contributed by atoms with E-state index in [9.17, 15) is 14.4 Å². The van der Waals surface area contributed by atoms with Crippen LogP contribution in [0.5, 0.6) is 0 Å². The van der Waals surface area contributed by atoms with Crippen LogP contribution >= 0.6 is 35.0 Å². The fourth-order valence-corrected chi connectivity index (χ4v) is 4.08. The molecular formula is C20H16Cl2N2O3S. The molecule has 1 N–H and O–H groups in total. The normalized spacial score (nSPS) is 15.4. The number of imide groups is 1. The minimum atomic E-state index is -0.531. The second-order valence-electron chi connectivity index (χ2n) is 6.36. The minimum Gasteiger partial charge on any atom is -0.325 e. The molecule has 0 atom stereocenters. The molecule has 1 fully saturated rings. The number of benzene rings is 2. The Morgan fingerprint density at radius 1 is 1.11 bits per heavy atom. The first-order chi connectivity index (χ1) is 13.2. The summed E-state index contributed by atoms with van der Waals surface area (Å²) >= 11 is 12.8. The van der Waals surface area contributed by atoms with Crippen molar-refractivity contribution in [1.82, 2.24) is 4.90 Å². The maximum absolute atomic E-state index is 12.6. The van der Waals surface area contributed by atoms with Gasteiger partial charge in [0.2, 0.25) is 5.91 Å². The number of anilines is 1. The van der Waals surface area contributed by atoms with Gasteiger partial charge in [-0.05, 0) is 72.6 Å². The summed E-state index contributed by atoms with van der Waals surface area (Å²) in [5, 5.41) is 3.06. The van der Waals surface area contributed by atoms with Gasteiger partial charge in [0.1, 0.15) is 6.54 Å². The maximum atomic E-state index is 12.6. The van der Waals surface area contributed by atoms with Crippen molar-refractivity contribution in [3.63, 3.8) is 0 Å². The second-order valence-corrected chi connectivity index (χ2v) is 8.20. The Labute approximate surface area is 176 Å². The molecule has 3 rings (SSSR count). The highest BCUT2D eigenvalue weighted by molar-refractivity contribution is 8.18. The summed E-state index contributed by atoms with van der Waals surface area (Å²) in [6.45, 7) is 3.49. The number of aryl methyl sites for hydroxylation is 2. The molecule has 1 heterocycles. The Morgan fingerprint density at radius 3 is 2.43 bits per heavy atom. The molecule has 0 aromatic heterocycles. The lowest BCUT2D eigenvalue weighted by molar-refractivity contribution is -0.127. The van der Waals surface area contributed by atoms with E-state index in [1.54, 1.807) is 18.2 Å². The van der Waals surface area contributed by atoms with Crippen LogP contribution in [0.3, 0.4) is 0 Å². The van der Waals surface area contributed by atoms with Crippen LogP contribution in [0.1, 0.15) is 16.7 Å². The van der Waals surface area contributed by atoms with Gasteiger partial charge in [-0.15, -0.1) is 0 Å². The average Bonchev–Trinajstić information content (AvgIpc) is 2.84. The van der Waals surface area contributed by atoms with Crippen molar-refractivity contribution in [2.75, 3.05) is 11.9 Å². The summed E-state index contributed by atoms with van der Waals surface area (Å²) in [7, 11) is 0. The molecule has 0 aliphatic carbocycles. The molecule has 1 saturated heterocycles. The van der Waals surface area contributed by atoms with E-state index in [4.69, 9.17) is 23.2 Å². The predicted octanol–water partition coefficient (Wildman–Crippen LogP) is 5.29. The lowest BCUT2D eigenvalue weighted by atomic mass is 10.1. The number of nitrogens with one attached hydrogen (secondary N) is 1. The van der Waals surface area contributed by atoms with E-state index in [0.717, 1.165) is 27.8 Å². The van der Waals surface area contributed by atoms with E-state index in [1.807, 2.05) is 32.0 Å². The van der Waals surface area contributed by atoms with Gasteiger partial charge in [-0.1, -0.05) is 35.3 Å². The van der Waals surface area contributed by atoms with Gasteiger partial charge in [-0.2, -0.15) is 0 Å². The summed E-state index contributed by atoms with van der Waals surface area (Å²) in [5.74, 6) is -0.977. The van der Waals surface area contributed by atoms with Crippen LogP contribution in [0.2, 0.25) is 10.0 Å². The minimum absolute atomic E-state index is 0.202. The fourth-order valence-electron chi connectivity index (χ4n) is 2.79. The number of carbonyl (C=O) groups is 3. The van der Waals surface area contributed by atoms with E-state index in [2.05, 4.69) is 5.32 Å². The molecule has 28 heavy (non-hydrogen) atoms. The van der Waals surface area contributed by atoms with Crippen LogP contribution in [0.25, 0.3) is 6.08 Å². The second kappa shape index (κ2) is 8.39. The molecule has 2 aromatic rings. The topological polar surface area (TPSA) is 66.5 Å². The molecular weight excluding hydrogens is 419 g/mol. The van der Waals surface area contributed by atoms with Crippen molar-refractivity contribution in [2.24, 2.45) is 0 Å². The standard InChI is InChI=1S/C20H16Cl2N2O3S/c1-11-5-12(2)7-15(6-11)23-18(25)10-24-19(26)17(28-20(24)27)8-13-3-4-14(21)9-16(13)22/h3-9H,10H2,1-2H3,(H,23,25)/b17-8+. The number of carbonyl (C=O) groups excluding carboxylic acids is 3. The van der Waals surface area contributed by atoms with Crippen molar-refractivity contribution < 1.29 is 14.4 Å².